The summed E-state index contributed by atoms with van der Waals surface area (Å²) in [5.74, 6) is -3.85. The number of aliphatic hydroxyl groups excluding tert-OH is 1. The Bertz CT molecular complexity index is 1500. The fraction of sp³-hybridized carbons (Fsp3) is 0.595. The number of allylic oxidation sites excluding steroid dienone is 1. The molecule has 0 saturated heterocycles. The molecule has 0 radical (unpaired) electrons. The van der Waals surface area contributed by atoms with Crippen molar-refractivity contribution in [1.82, 2.24) is 4.90 Å². The van der Waals surface area contributed by atoms with Gasteiger partial charge < -0.3 is 24.1 Å². The first kappa shape index (κ1) is 37.0. The van der Waals surface area contributed by atoms with E-state index < -0.39 is 77.2 Å². The second-order valence-corrected chi connectivity index (χ2v) is 14.4. The maximum atomic E-state index is 13.7. The van der Waals surface area contributed by atoms with Gasteiger partial charge in [0, 0.05) is 33.6 Å². The van der Waals surface area contributed by atoms with Gasteiger partial charge in [0.15, 0.2) is 24.1 Å². The number of rotatable bonds is 8. The van der Waals surface area contributed by atoms with Crippen molar-refractivity contribution in [3.63, 3.8) is 0 Å². The molecule has 3 aliphatic rings. The number of esters is 4. The van der Waals surface area contributed by atoms with Crippen LogP contribution in [0, 0.1) is 22.7 Å². The smallest absolute Gasteiger partial charge is 0.337 e. The zero-order valence-electron chi connectivity index (χ0n) is 29.4. The van der Waals surface area contributed by atoms with Crippen LogP contribution in [-0.2, 0) is 42.9 Å². The molecule has 1 aromatic carbocycles. The molecule has 0 aromatic heterocycles. The number of ether oxygens (including phenoxy) is 4. The second-order valence-electron chi connectivity index (χ2n) is 14.4. The lowest BCUT2D eigenvalue weighted by Gasteiger charge is -2.59. The van der Waals surface area contributed by atoms with Crippen molar-refractivity contribution in [3.8, 4) is 0 Å². The molecular weight excluding hydrogens is 618 g/mol. The number of Topliss-reactive ketones (excluding diaryl/α,β-unsaturated/α-hetero) is 1. The lowest BCUT2D eigenvalue weighted by molar-refractivity contribution is -0.212. The third-order valence-electron chi connectivity index (χ3n) is 10.8. The van der Waals surface area contributed by atoms with E-state index in [1.807, 2.05) is 44.2 Å². The molecule has 0 heterocycles. The summed E-state index contributed by atoms with van der Waals surface area (Å²) < 4.78 is 24.0. The summed E-state index contributed by atoms with van der Waals surface area (Å²) in [6.07, 6.45) is -5.49. The summed E-state index contributed by atoms with van der Waals surface area (Å²) >= 11 is 0. The number of carbonyl (C=O) groups excluding carboxylic acids is 5. The summed E-state index contributed by atoms with van der Waals surface area (Å²) in [6.45, 7) is 15.6. The molecule has 262 valence electrons. The van der Waals surface area contributed by atoms with Gasteiger partial charge in [0.1, 0.15) is 12.2 Å². The number of fused-ring (bicyclic) bond motifs is 3. The molecule has 0 aliphatic heterocycles. The van der Waals surface area contributed by atoms with Crippen LogP contribution in [0.2, 0.25) is 0 Å². The molecule has 0 amide bonds. The van der Waals surface area contributed by atoms with E-state index in [2.05, 4.69) is 6.58 Å². The number of carbonyl (C=O) groups is 5. The fourth-order valence-corrected chi connectivity index (χ4v) is 8.36. The Morgan fingerprint density at radius 1 is 0.917 bits per heavy atom. The first-order valence-corrected chi connectivity index (χ1v) is 16.4. The van der Waals surface area contributed by atoms with Crippen LogP contribution in [0.15, 0.2) is 53.6 Å². The van der Waals surface area contributed by atoms with Crippen molar-refractivity contribution in [2.24, 2.45) is 22.7 Å². The van der Waals surface area contributed by atoms with Gasteiger partial charge in [-0.3, -0.25) is 24.1 Å². The molecule has 11 nitrogen and oxygen atoms in total. The van der Waals surface area contributed by atoms with Crippen LogP contribution < -0.4 is 0 Å². The molecule has 9 atom stereocenters. The van der Waals surface area contributed by atoms with Crippen molar-refractivity contribution in [2.75, 3.05) is 14.1 Å². The van der Waals surface area contributed by atoms with Crippen LogP contribution in [0.25, 0.3) is 0 Å². The second kappa shape index (κ2) is 14.0. The number of hydrogen-bond donors (Lipinski definition) is 1. The van der Waals surface area contributed by atoms with Crippen molar-refractivity contribution >= 4 is 29.7 Å². The van der Waals surface area contributed by atoms with Crippen LogP contribution in [0.4, 0.5) is 0 Å². The van der Waals surface area contributed by atoms with Gasteiger partial charge in [0.2, 0.25) is 0 Å². The van der Waals surface area contributed by atoms with Gasteiger partial charge in [-0.25, -0.2) is 4.79 Å². The first-order valence-electron chi connectivity index (χ1n) is 16.4. The Hall–Kier alpha value is -3.83. The molecule has 1 N–H and O–H groups in total. The predicted molar refractivity (Wildman–Crippen MR) is 175 cm³/mol. The highest BCUT2D eigenvalue weighted by Gasteiger charge is 2.64. The lowest BCUT2D eigenvalue weighted by Crippen LogP contribution is -2.64. The van der Waals surface area contributed by atoms with E-state index in [0.717, 1.165) is 0 Å². The average Bonchev–Trinajstić information content (AvgIpc) is 2.98. The molecule has 0 spiro atoms. The summed E-state index contributed by atoms with van der Waals surface area (Å²) in [4.78, 5) is 67.0. The molecule has 11 heteroatoms. The van der Waals surface area contributed by atoms with Gasteiger partial charge >= 0.3 is 23.9 Å². The zero-order chi connectivity index (χ0) is 35.9. The molecule has 2 fully saturated rings. The van der Waals surface area contributed by atoms with Gasteiger partial charge in [-0.05, 0) is 67.0 Å². The van der Waals surface area contributed by atoms with E-state index >= 15 is 0 Å². The highest BCUT2D eigenvalue weighted by atomic mass is 16.6. The average molecular weight is 668 g/mol. The van der Waals surface area contributed by atoms with Crippen molar-refractivity contribution in [3.05, 3.63) is 59.2 Å². The quantitative estimate of drug-likeness (QED) is 0.241. The first-order chi connectivity index (χ1) is 22.3. The largest absolute Gasteiger partial charge is 0.462 e. The number of aliphatic hydroxyl groups is 1. The Morgan fingerprint density at radius 3 is 2.04 bits per heavy atom. The Balaban J connectivity index is 1.85. The highest BCUT2D eigenvalue weighted by molar-refractivity contribution is 5.97. The van der Waals surface area contributed by atoms with Crippen LogP contribution in [0.5, 0.6) is 0 Å². The number of hydrogen-bond acceptors (Lipinski definition) is 11. The Kier molecular flexibility index (Phi) is 10.8. The topological polar surface area (TPSA) is 146 Å². The molecular formula is C37H49NO10. The minimum atomic E-state index is -1.57. The van der Waals surface area contributed by atoms with Gasteiger partial charge in [-0.1, -0.05) is 57.7 Å². The third-order valence-corrected chi connectivity index (χ3v) is 10.8. The molecule has 1 aromatic rings. The lowest BCUT2D eigenvalue weighted by atomic mass is 9.49. The van der Waals surface area contributed by atoms with Crippen molar-refractivity contribution < 1.29 is 48.0 Å². The predicted octanol–water partition coefficient (Wildman–Crippen LogP) is 4.27. The van der Waals surface area contributed by atoms with Crippen LogP contribution in [-0.4, -0.2) is 84.3 Å². The third kappa shape index (κ3) is 6.85. The van der Waals surface area contributed by atoms with Gasteiger partial charge in [0.25, 0.3) is 0 Å². The van der Waals surface area contributed by atoms with E-state index in [0.29, 0.717) is 28.7 Å². The normalized spacial score (nSPS) is 31.1. The van der Waals surface area contributed by atoms with Gasteiger partial charge in [-0.15, -0.1) is 0 Å². The van der Waals surface area contributed by atoms with Crippen LogP contribution >= 0.6 is 0 Å². The van der Waals surface area contributed by atoms with Crippen molar-refractivity contribution in [1.29, 1.82) is 0 Å². The van der Waals surface area contributed by atoms with Crippen molar-refractivity contribution in [2.45, 2.75) is 104 Å². The molecule has 2 saturated carbocycles. The number of ketones is 1. The molecule has 0 unspecified atom stereocenters. The maximum Gasteiger partial charge on any atom is 0.337 e. The number of likely N-dealkylation sites (N-methyl/N-ethyl adjacent to an activating group) is 1. The summed E-state index contributed by atoms with van der Waals surface area (Å²) in [5, 5.41) is 11.3. The zero-order valence-corrected chi connectivity index (χ0v) is 29.4. The standard InChI is InChI=1S/C37H49NO10/c1-19-26-16-25-17-27(42)20(2)30(36(25,6)7)33(46-22(4)40)34(47-23(5)41)37(26,8)29(45-21(3)39)18-28(19)48-35(44)32(43)31(38(9)10)24-14-12-11-13-15-24/h11-15,25-26,28-29,31-34,43H,1,16-18H2,2-10H3/t25-,26+,28-,29-,31-,32+,33+,34-,37-/m0/s1. The molecule has 4 rings (SSSR count). The van der Waals surface area contributed by atoms with Gasteiger partial charge in [-0.2, -0.15) is 0 Å². The number of nitrogens with zero attached hydrogens (tertiary/aromatic N) is 1. The van der Waals surface area contributed by atoms with E-state index in [1.165, 1.54) is 20.8 Å². The Labute approximate surface area is 282 Å². The summed E-state index contributed by atoms with van der Waals surface area (Å²) in [6, 6.07) is 8.37. The van der Waals surface area contributed by atoms with E-state index in [4.69, 9.17) is 18.9 Å². The maximum absolute atomic E-state index is 13.7. The van der Waals surface area contributed by atoms with Crippen LogP contribution in [0.3, 0.4) is 0 Å². The minimum Gasteiger partial charge on any atom is -0.462 e. The number of benzene rings is 1. The minimum absolute atomic E-state index is 0.0581. The summed E-state index contributed by atoms with van der Waals surface area (Å²) in [7, 11) is 3.49. The summed E-state index contributed by atoms with van der Waals surface area (Å²) in [5.41, 5.74) is 0.235. The van der Waals surface area contributed by atoms with Gasteiger partial charge in [0.05, 0.1) is 11.5 Å². The molecule has 2 bridgehead atoms. The fourth-order valence-electron chi connectivity index (χ4n) is 8.36. The van der Waals surface area contributed by atoms with E-state index in [-0.39, 0.29) is 24.5 Å². The molecule has 3 aliphatic carbocycles. The highest BCUT2D eigenvalue weighted by Crippen LogP contribution is 2.60. The Morgan fingerprint density at radius 2 is 1.50 bits per heavy atom. The van der Waals surface area contributed by atoms with E-state index in [1.54, 1.807) is 32.8 Å². The monoisotopic (exact) mass is 667 g/mol. The SMILES string of the molecule is C=C1[C@@H](OC(=O)[C@H](O)[C@H](c2ccccc2)N(C)C)C[C@H](OC(C)=O)[C@]2(C)[C@@H]1C[C@H]1CC(=O)C(C)=C([C@@H](OC(C)=O)[C@@H]2OC(C)=O)C1(C)C. The van der Waals surface area contributed by atoms with Crippen LogP contribution in [0.1, 0.15) is 79.3 Å². The van der Waals surface area contributed by atoms with E-state index in [9.17, 15) is 29.1 Å². The molecule has 48 heavy (non-hydrogen) atoms.